The van der Waals surface area contributed by atoms with E-state index in [0.29, 0.717) is 23.7 Å². The van der Waals surface area contributed by atoms with Gasteiger partial charge in [0.25, 0.3) is 0 Å². The van der Waals surface area contributed by atoms with Gasteiger partial charge in [0.2, 0.25) is 11.8 Å². The number of anilines is 3. The van der Waals surface area contributed by atoms with E-state index in [0.717, 1.165) is 11.4 Å². The van der Waals surface area contributed by atoms with Gasteiger partial charge in [-0.3, -0.25) is 9.59 Å². The first-order valence-corrected chi connectivity index (χ1v) is 9.08. The van der Waals surface area contributed by atoms with Gasteiger partial charge in [0.05, 0.1) is 38.1 Å². The molecule has 1 atom stereocenters. The maximum atomic E-state index is 12.7. The van der Waals surface area contributed by atoms with Crippen LogP contribution in [0.15, 0.2) is 42.5 Å². The molecule has 0 aromatic heterocycles. The largest absolute Gasteiger partial charge is 0.493 e. The van der Waals surface area contributed by atoms with Crippen molar-refractivity contribution in [2.24, 2.45) is 5.92 Å². The minimum absolute atomic E-state index is 0.0373. The smallest absolute Gasteiger partial charge is 0.243 e. The van der Waals surface area contributed by atoms with E-state index >= 15 is 0 Å². The van der Waals surface area contributed by atoms with Gasteiger partial charge in [-0.2, -0.15) is 0 Å². The van der Waals surface area contributed by atoms with Crippen LogP contribution >= 0.6 is 0 Å². The number of ether oxygens (including phenoxy) is 2. The lowest BCUT2D eigenvalue weighted by atomic mass is 10.1. The summed E-state index contributed by atoms with van der Waals surface area (Å²) in [6.07, 6.45) is 0. The molecule has 0 bridgehead atoms. The molecule has 0 saturated heterocycles. The monoisotopic (exact) mass is 383 g/mol. The predicted molar refractivity (Wildman–Crippen MR) is 109 cm³/mol. The Kier molecular flexibility index (Phi) is 5.73. The van der Waals surface area contributed by atoms with Gasteiger partial charge in [0, 0.05) is 25.3 Å². The molecular formula is C21H25N3O4. The Hall–Kier alpha value is -3.22. The Morgan fingerprint density at radius 3 is 2.46 bits per heavy atom. The molecule has 3 rings (SSSR count). The summed E-state index contributed by atoms with van der Waals surface area (Å²) in [5.41, 5.74) is 2.29. The molecule has 0 aliphatic carbocycles. The Morgan fingerprint density at radius 1 is 1.11 bits per heavy atom. The molecule has 7 heteroatoms. The quantitative estimate of drug-likeness (QED) is 0.860. The number of benzene rings is 2. The first-order chi connectivity index (χ1) is 13.4. The van der Waals surface area contributed by atoms with Crippen molar-refractivity contribution in [3.63, 3.8) is 0 Å². The summed E-state index contributed by atoms with van der Waals surface area (Å²) in [6, 6.07) is 12.8. The molecule has 1 N–H and O–H groups in total. The molecule has 0 spiro atoms. The van der Waals surface area contributed by atoms with Crippen LogP contribution in [0.3, 0.4) is 0 Å². The van der Waals surface area contributed by atoms with Gasteiger partial charge >= 0.3 is 0 Å². The van der Waals surface area contributed by atoms with Crippen LogP contribution in [0.5, 0.6) is 11.5 Å². The van der Waals surface area contributed by atoms with E-state index in [1.807, 2.05) is 36.1 Å². The second-order valence-corrected chi connectivity index (χ2v) is 6.79. The van der Waals surface area contributed by atoms with E-state index in [-0.39, 0.29) is 24.3 Å². The zero-order chi connectivity index (χ0) is 20.3. The summed E-state index contributed by atoms with van der Waals surface area (Å²) < 4.78 is 10.5. The van der Waals surface area contributed by atoms with Gasteiger partial charge in [-0.05, 0) is 24.3 Å². The van der Waals surface area contributed by atoms with Crippen LogP contribution in [0.1, 0.15) is 6.92 Å². The molecular weight excluding hydrogens is 358 g/mol. The highest BCUT2D eigenvalue weighted by atomic mass is 16.5. The lowest BCUT2D eigenvalue weighted by molar-refractivity contribution is -0.121. The standard InChI is InChI=1S/C21H25N3O4/c1-14-12-24(17-8-6-5-7-16(17)23(2)21(14)26)13-20(25)22-15-9-10-18(27-3)19(11-15)28-4/h5-11,14H,12-13H2,1-4H3,(H,22,25). The van der Waals surface area contributed by atoms with Gasteiger partial charge < -0.3 is 24.6 Å². The summed E-state index contributed by atoms with van der Waals surface area (Å²) in [5.74, 6) is 0.784. The average Bonchev–Trinajstić information content (AvgIpc) is 2.79. The molecule has 1 unspecified atom stereocenters. The van der Waals surface area contributed by atoms with Gasteiger partial charge in [-0.1, -0.05) is 19.1 Å². The van der Waals surface area contributed by atoms with E-state index in [4.69, 9.17) is 9.47 Å². The van der Waals surface area contributed by atoms with E-state index in [1.54, 1.807) is 44.4 Å². The van der Waals surface area contributed by atoms with Crippen molar-refractivity contribution in [3.8, 4) is 11.5 Å². The van der Waals surface area contributed by atoms with Crippen molar-refractivity contribution in [2.75, 3.05) is 49.5 Å². The van der Waals surface area contributed by atoms with Crippen LogP contribution in [-0.2, 0) is 9.59 Å². The number of para-hydroxylation sites is 2. The number of hydrogen-bond acceptors (Lipinski definition) is 5. The molecule has 1 aliphatic heterocycles. The minimum Gasteiger partial charge on any atom is -0.493 e. The fraction of sp³-hybridized carbons (Fsp3) is 0.333. The molecule has 0 radical (unpaired) electrons. The first-order valence-electron chi connectivity index (χ1n) is 9.08. The van der Waals surface area contributed by atoms with Crippen molar-refractivity contribution in [1.82, 2.24) is 0 Å². The zero-order valence-electron chi connectivity index (χ0n) is 16.6. The maximum absolute atomic E-state index is 12.7. The van der Waals surface area contributed by atoms with Crippen LogP contribution in [0.25, 0.3) is 0 Å². The zero-order valence-corrected chi connectivity index (χ0v) is 16.6. The number of amides is 2. The predicted octanol–water partition coefficient (Wildman–Crippen LogP) is 2.76. The third kappa shape index (κ3) is 3.88. The number of hydrogen-bond donors (Lipinski definition) is 1. The summed E-state index contributed by atoms with van der Waals surface area (Å²) in [4.78, 5) is 28.8. The normalized spacial score (nSPS) is 16.3. The molecule has 1 heterocycles. The molecule has 7 nitrogen and oxygen atoms in total. The van der Waals surface area contributed by atoms with Crippen LogP contribution in [0.4, 0.5) is 17.1 Å². The summed E-state index contributed by atoms with van der Waals surface area (Å²) in [7, 11) is 4.88. The van der Waals surface area contributed by atoms with Gasteiger partial charge in [0.15, 0.2) is 11.5 Å². The second-order valence-electron chi connectivity index (χ2n) is 6.79. The second kappa shape index (κ2) is 8.21. The highest BCUT2D eigenvalue weighted by Crippen LogP contribution is 2.33. The van der Waals surface area contributed by atoms with Crippen LogP contribution in [0.2, 0.25) is 0 Å². The third-order valence-electron chi connectivity index (χ3n) is 4.83. The van der Waals surface area contributed by atoms with Crippen LogP contribution in [-0.4, -0.2) is 46.2 Å². The summed E-state index contributed by atoms with van der Waals surface area (Å²) in [6.45, 7) is 2.49. The van der Waals surface area contributed by atoms with Gasteiger partial charge in [0.1, 0.15) is 0 Å². The fourth-order valence-corrected chi connectivity index (χ4v) is 3.41. The number of rotatable bonds is 5. The lowest BCUT2D eigenvalue weighted by Crippen LogP contribution is -2.38. The number of nitrogens with one attached hydrogen (secondary N) is 1. The molecule has 1 aliphatic rings. The fourth-order valence-electron chi connectivity index (χ4n) is 3.41. The molecule has 28 heavy (non-hydrogen) atoms. The van der Waals surface area contributed by atoms with Gasteiger partial charge in [-0.25, -0.2) is 0 Å². The highest BCUT2D eigenvalue weighted by molar-refractivity contribution is 6.01. The Bertz CT molecular complexity index is 884. The van der Waals surface area contributed by atoms with Gasteiger partial charge in [-0.15, -0.1) is 0 Å². The van der Waals surface area contributed by atoms with E-state index in [1.165, 1.54) is 0 Å². The number of fused-ring (bicyclic) bond motifs is 1. The Morgan fingerprint density at radius 2 is 1.79 bits per heavy atom. The highest BCUT2D eigenvalue weighted by Gasteiger charge is 2.29. The third-order valence-corrected chi connectivity index (χ3v) is 4.83. The van der Waals surface area contributed by atoms with E-state index in [2.05, 4.69) is 5.32 Å². The molecule has 0 fully saturated rings. The first kappa shape index (κ1) is 19.5. The average molecular weight is 383 g/mol. The number of carbonyl (C=O) groups excluding carboxylic acids is 2. The molecule has 2 aromatic rings. The maximum Gasteiger partial charge on any atom is 0.243 e. The molecule has 0 saturated carbocycles. The van der Waals surface area contributed by atoms with E-state index in [9.17, 15) is 9.59 Å². The van der Waals surface area contributed by atoms with Crippen molar-refractivity contribution in [2.45, 2.75) is 6.92 Å². The molecule has 148 valence electrons. The Balaban J connectivity index is 1.80. The summed E-state index contributed by atoms with van der Waals surface area (Å²) in [5, 5.41) is 2.89. The van der Waals surface area contributed by atoms with Crippen molar-refractivity contribution >= 4 is 28.9 Å². The van der Waals surface area contributed by atoms with Crippen molar-refractivity contribution in [3.05, 3.63) is 42.5 Å². The van der Waals surface area contributed by atoms with Crippen LogP contribution in [0, 0.1) is 5.92 Å². The molecule has 2 aromatic carbocycles. The topological polar surface area (TPSA) is 71.1 Å². The number of methoxy groups -OCH3 is 2. The molecule has 2 amide bonds. The minimum atomic E-state index is -0.216. The van der Waals surface area contributed by atoms with Crippen molar-refractivity contribution < 1.29 is 19.1 Å². The Labute approximate surface area is 164 Å². The summed E-state index contributed by atoms with van der Waals surface area (Å²) >= 11 is 0. The SMILES string of the molecule is COc1ccc(NC(=O)CN2CC(C)C(=O)N(C)c3ccccc32)cc1OC. The lowest BCUT2D eigenvalue weighted by Gasteiger charge is -2.25. The van der Waals surface area contributed by atoms with Crippen molar-refractivity contribution in [1.29, 1.82) is 0 Å². The van der Waals surface area contributed by atoms with Crippen LogP contribution < -0.4 is 24.6 Å². The number of carbonyl (C=O) groups is 2. The number of nitrogens with zero attached hydrogens (tertiary/aromatic N) is 2. The van der Waals surface area contributed by atoms with E-state index < -0.39 is 0 Å².